The van der Waals surface area contributed by atoms with E-state index in [1.807, 2.05) is 42.5 Å². The fourth-order valence-electron chi connectivity index (χ4n) is 2.02. The summed E-state index contributed by atoms with van der Waals surface area (Å²) in [5, 5.41) is 3.17. The number of hydrogen-bond donors (Lipinski definition) is 0. The highest BCUT2D eigenvalue weighted by Crippen LogP contribution is 2.23. The van der Waals surface area contributed by atoms with E-state index in [4.69, 9.17) is 0 Å². The molecular formula is C17H13NOS. The van der Waals surface area contributed by atoms with Crippen molar-refractivity contribution < 1.29 is 4.79 Å². The summed E-state index contributed by atoms with van der Waals surface area (Å²) in [7, 11) is 0. The van der Waals surface area contributed by atoms with Crippen molar-refractivity contribution in [1.82, 2.24) is 4.98 Å². The van der Waals surface area contributed by atoms with Crippen LogP contribution in [-0.2, 0) is 6.42 Å². The molecule has 0 saturated carbocycles. The SMILES string of the molecule is O=Cc1ccc(Cc2nc(-c3ccccc3)cs2)cc1. The van der Waals surface area contributed by atoms with Gasteiger partial charge in [-0.25, -0.2) is 4.98 Å². The third kappa shape index (κ3) is 2.83. The van der Waals surface area contributed by atoms with Crippen LogP contribution in [0.5, 0.6) is 0 Å². The Balaban J connectivity index is 1.78. The maximum Gasteiger partial charge on any atom is 0.150 e. The van der Waals surface area contributed by atoms with E-state index in [-0.39, 0.29) is 0 Å². The average Bonchev–Trinajstić information content (AvgIpc) is 2.97. The Morgan fingerprint density at radius 3 is 2.45 bits per heavy atom. The monoisotopic (exact) mass is 279 g/mol. The number of benzene rings is 2. The van der Waals surface area contributed by atoms with Gasteiger partial charge in [0.15, 0.2) is 0 Å². The van der Waals surface area contributed by atoms with Crippen molar-refractivity contribution in [2.24, 2.45) is 0 Å². The van der Waals surface area contributed by atoms with Crippen LogP contribution in [0.25, 0.3) is 11.3 Å². The zero-order valence-corrected chi connectivity index (χ0v) is 11.6. The second kappa shape index (κ2) is 5.80. The number of carbonyl (C=O) groups excluding carboxylic acids is 1. The lowest BCUT2D eigenvalue weighted by molar-refractivity contribution is 0.112. The van der Waals surface area contributed by atoms with Gasteiger partial charge in [0, 0.05) is 22.9 Å². The second-order valence-corrected chi connectivity index (χ2v) is 5.47. The van der Waals surface area contributed by atoms with E-state index in [0.29, 0.717) is 5.56 Å². The van der Waals surface area contributed by atoms with Crippen molar-refractivity contribution in [3.63, 3.8) is 0 Å². The minimum absolute atomic E-state index is 0.706. The van der Waals surface area contributed by atoms with Gasteiger partial charge < -0.3 is 0 Å². The molecular weight excluding hydrogens is 266 g/mol. The van der Waals surface area contributed by atoms with E-state index in [0.717, 1.165) is 29.0 Å². The Hall–Kier alpha value is -2.26. The van der Waals surface area contributed by atoms with Crippen LogP contribution in [0, 0.1) is 0 Å². The molecule has 2 aromatic carbocycles. The summed E-state index contributed by atoms with van der Waals surface area (Å²) in [6.45, 7) is 0. The number of rotatable bonds is 4. The van der Waals surface area contributed by atoms with Gasteiger partial charge in [0.2, 0.25) is 0 Å². The second-order valence-electron chi connectivity index (χ2n) is 4.53. The molecule has 3 aromatic rings. The normalized spacial score (nSPS) is 10.4. The zero-order valence-electron chi connectivity index (χ0n) is 10.8. The minimum Gasteiger partial charge on any atom is -0.298 e. The van der Waals surface area contributed by atoms with Crippen molar-refractivity contribution in [2.75, 3.05) is 0 Å². The highest BCUT2D eigenvalue weighted by molar-refractivity contribution is 7.10. The van der Waals surface area contributed by atoms with Gasteiger partial charge in [-0.15, -0.1) is 11.3 Å². The van der Waals surface area contributed by atoms with Gasteiger partial charge in [0.05, 0.1) is 10.7 Å². The van der Waals surface area contributed by atoms with Crippen LogP contribution in [-0.4, -0.2) is 11.3 Å². The number of aldehydes is 1. The molecule has 0 N–H and O–H groups in total. The first-order chi connectivity index (χ1) is 9.85. The van der Waals surface area contributed by atoms with E-state index in [1.165, 1.54) is 5.56 Å². The van der Waals surface area contributed by atoms with Gasteiger partial charge >= 0.3 is 0 Å². The molecule has 0 fully saturated rings. The molecule has 0 spiro atoms. The first kappa shape index (κ1) is 12.8. The molecule has 3 heteroatoms. The summed E-state index contributed by atoms with van der Waals surface area (Å²) >= 11 is 1.67. The third-order valence-corrected chi connectivity index (χ3v) is 3.94. The predicted molar refractivity (Wildman–Crippen MR) is 82.2 cm³/mol. The topological polar surface area (TPSA) is 30.0 Å². The van der Waals surface area contributed by atoms with Crippen molar-refractivity contribution in [3.8, 4) is 11.3 Å². The summed E-state index contributed by atoms with van der Waals surface area (Å²) in [6, 6.07) is 17.8. The fraction of sp³-hybridized carbons (Fsp3) is 0.0588. The number of hydrogen-bond acceptors (Lipinski definition) is 3. The van der Waals surface area contributed by atoms with E-state index < -0.39 is 0 Å². The Bertz CT molecular complexity index is 701. The zero-order chi connectivity index (χ0) is 13.8. The summed E-state index contributed by atoms with van der Waals surface area (Å²) in [5.74, 6) is 0. The molecule has 0 aliphatic carbocycles. The number of carbonyl (C=O) groups is 1. The van der Waals surface area contributed by atoms with Gasteiger partial charge in [-0.1, -0.05) is 54.6 Å². The molecule has 20 heavy (non-hydrogen) atoms. The molecule has 1 heterocycles. The summed E-state index contributed by atoms with van der Waals surface area (Å²) in [5.41, 5.74) is 4.05. The molecule has 0 amide bonds. The van der Waals surface area contributed by atoms with Crippen molar-refractivity contribution in [2.45, 2.75) is 6.42 Å². The standard InChI is InChI=1S/C17H13NOS/c19-11-14-8-6-13(7-9-14)10-17-18-16(12-20-17)15-4-2-1-3-5-15/h1-9,11-12H,10H2. The van der Waals surface area contributed by atoms with E-state index in [1.54, 1.807) is 11.3 Å². The van der Waals surface area contributed by atoms with Gasteiger partial charge in [0.25, 0.3) is 0 Å². The maximum absolute atomic E-state index is 10.6. The molecule has 0 atom stereocenters. The largest absolute Gasteiger partial charge is 0.298 e. The van der Waals surface area contributed by atoms with Crippen molar-refractivity contribution in [3.05, 3.63) is 76.1 Å². The highest BCUT2D eigenvalue weighted by Gasteiger charge is 2.05. The quantitative estimate of drug-likeness (QED) is 0.669. The maximum atomic E-state index is 10.6. The van der Waals surface area contributed by atoms with Crippen molar-refractivity contribution >= 4 is 17.6 Å². The van der Waals surface area contributed by atoms with Crippen LogP contribution in [0.3, 0.4) is 0 Å². The minimum atomic E-state index is 0.706. The van der Waals surface area contributed by atoms with E-state index in [9.17, 15) is 4.79 Å². The van der Waals surface area contributed by atoms with Gasteiger partial charge in [-0.05, 0) is 5.56 Å². The third-order valence-electron chi connectivity index (χ3n) is 3.09. The molecule has 0 bridgehead atoms. The molecule has 0 saturated heterocycles. The highest BCUT2D eigenvalue weighted by atomic mass is 32.1. The van der Waals surface area contributed by atoms with E-state index >= 15 is 0 Å². The number of aromatic nitrogens is 1. The Morgan fingerprint density at radius 1 is 1.00 bits per heavy atom. The van der Waals surface area contributed by atoms with Crippen LogP contribution >= 0.6 is 11.3 Å². The van der Waals surface area contributed by atoms with Crippen LogP contribution in [0.4, 0.5) is 0 Å². The molecule has 2 nitrogen and oxygen atoms in total. The fourth-order valence-corrected chi connectivity index (χ4v) is 2.86. The van der Waals surface area contributed by atoms with Crippen molar-refractivity contribution in [1.29, 1.82) is 0 Å². The summed E-state index contributed by atoms with van der Waals surface area (Å²) in [4.78, 5) is 15.3. The smallest absolute Gasteiger partial charge is 0.150 e. The average molecular weight is 279 g/mol. The van der Waals surface area contributed by atoms with Crippen LogP contribution in [0.1, 0.15) is 20.9 Å². The first-order valence-corrected chi connectivity index (χ1v) is 7.27. The first-order valence-electron chi connectivity index (χ1n) is 6.39. The Morgan fingerprint density at radius 2 is 1.75 bits per heavy atom. The lowest BCUT2D eigenvalue weighted by Crippen LogP contribution is -1.88. The predicted octanol–water partition coefficient (Wildman–Crippen LogP) is 4.21. The van der Waals surface area contributed by atoms with Gasteiger partial charge in [0.1, 0.15) is 6.29 Å². The van der Waals surface area contributed by atoms with Crippen LogP contribution in [0.2, 0.25) is 0 Å². The van der Waals surface area contributed by atoms with E-state index in [2.05, 4.69) is 22.5 Å². The molecule has 0 aliphatic heterocycles. The molecule has 0 radical (unpaired) electrons. The molecule has 98 valence electrons. The van der Waals surface area contributed by atoms with Gasteiger partial charge in [-0.2, -0.15) is 0 Å². The summed E-state index contributed by atoms with van der Waals surface area (Å²) < 4.78 is 0. The van der Waals surface area contributed by atoms with Gasteiger partial charge in [-0.3, -0.25) is 4.79 Å². The lowest BCUT2D eigenvalue weighted by atomic mass is 10.1. The molecule has 0 unspecified atom stereocenters. The van der Waals surface area contributed by atoms with Crippen LogP contribution < -0.4 is 0 Å². The Kier molecular flexibility index (Phi) is 3.70. The number of thiazole rings is 1. The van der Waals surface area contributed by atoms with Crippen LogP contribution in [0.15, 0.2) is 60.0 Å². The summed E-state index contributed by atoms with van der Waals surface area (Å²) in [6.07, 6.45) is 1.66. The molecule has 1 aromatic heterocycles. The molecule has 3 rings (SSSR count). The molecule has 0 aliphatic rings. The Labute approximate surface area is 121 Å². The lowest BCUT2D eigenvalue weighted by Gasteiger charge is -1.98. The number of nitrogens with zero attached hydrogens (tertiary/aromatic N) is 1.